The number of hydrogen-bond donors (Lipinski definition) is 2. The Morgan fingerprint density at radius 2 is 2.27 bits per heavy atom. The summed E-state index contributed by atoms with van der Waals surface area (Å²) in [5.41, 5.74) is 5.72. The van der Waals surface area contributed by atoms with Crippen LogP contribution < -0.4 is 11.1 Å². The minimum absolute atomic E-state index is 0.328. The Balaban J connectivity index is 2.86. The molecule has 6 heteroatoms. The van der Waals surface area contributed by atoms with Crippen molar-refractivity contribution in [2.24, 2.45) is 5.73 Å². The van der Waals surface area contributed by atoms with Crippen molar-refractivity contribution in [3.8, 4) is 0 Å². The highest BCUT2D eigenvalue weighted by Crippen LogP contribution is 2.27. The highest BCUT2D eigenvalue weighted by molar-refractivity contribution is 7.18. The lowest BCUT2D eigenvalue weighted by Crippen LogP contribution is -2.18. The topological polar surface area (TPSA) is 81.4 Å². The fraction of sp³-hybridized carbons (Fsp3) is 0.333. The Labute approximate surface area is 91.2 Å². The number of primary amides is 1. The first kappa shape index (κ1) is 11.5. The van der Waals surface area contributed by atoms with Crippen LogP contribution in [0.15, 0.2) is 6.07 Å². The van der Waals surface area contributed by atoms with Crippen LogP contribution >= 0.6 is 11.3 Å². The van der Waals surface area contributed by atoms with Crippen molar-refractivity contribution in [2.45, 2.75) is 13.8 Å². The maximum absolute atomic E-state index is 11.4. The number of carbonyl (C=O) groups excluding carboxylic acids is 2. The third kappa shape index (κ3) is 2.95. The molecule has 0 atom stereocenters. The van der Waals surface area contributed by atoms with Crippen LogP contribution in [0.5, 0.6) is 0 Å². The summed E-state index contributed by atoms with van der Waals surface area (Å²) in [6.07, 6.45) is 0. The highest BCUT2D eigenvalue weighted by Gasteiger charge is 2.14. The van der Waals surface area contributed by atoms with Crippen LogP contribution in [-0.4, -0.2) is 18.6 Å². The minimum atomic E-state index is -0.647. The fourth-order valence-corrected chi connectivity index (χ4v) is 2.03. The van der Waals surface area contributed by atoms with Crippen molar-refractivity contribution in [1.29, 1.82) is 0 Å². The number of ether oxygens (including phenoxy) is 1. The molecule has 5 nitrogen and oxygen atoms in total. The van der Waals surface area contributed by atoms with Gasteiger partial charge in [-0.25, -0.2) is 9.59 Å². The Morgan fingerprint density at radius 3 is 2.80 bits per heavy atom. The van der Waals surface area contributed by atoms with Crippen LogP contribution in [0.1, 0.15) is 22.2 Å². The molecule has 1 aromatic heterocycles. The molecule has 82 valence electrons. The molecule has 0 unspecified atom stereocenters. The first-order valence-corrected chi connectivity index (χ1v) is 5.20. The second-order valence-electron chi connectivity index (χ2n) is 2.83. The molecule has 0 saturated heterocycles. The lowest BCUT2D eigenvalue weighted by molar-refractivity contribution is 0.0531. The Hall–Kier alpha value is -1.56. The number of anilines is 1. The van der Waals surface area contributed by atoms with Gasteiger partial charge in [-0.3, -0.25) is 5.32 Å². The molecular formula is C9H12N2O3S. The SMILES string of the molecule is CCOC(=O)c1sc(NC(N)=O)cc1C. The van der Waals surface area contributed by atoms with Gasteiger partial charge in [0.05, 0.1) is 11.6 Å². The van der Waals surface area contributed by atoms with E-state index in [-0.39, 0.29) is 5.97 Å². The fourth-order valence-electron chi connectivity index (χ4n) is 1.06. The predicted octanol–water partition coefficient (Wildman–Crippen LogP) is 1.72. The summed E-state index contributed by atoms with van der Waals surface area (Å²) < 4.78 is 4.85. The number of nitrogens with two attached hydrogens (primary N) is 1. The molecule has 0 spiro atoms. The van der Waals surface area contributed by atoms with Crippen molar-refractivity contribution < 1.29 is 14.3 Å². The van der Waals surface area contributed by atoms with Gasteiger partial charge in [0.1, 0.15) is 4.88 Å². The van der Waals surface area contributed by atoms with Crippen LogP contribution in [0.25, 0.3) is 0 Å². The summed E-state index contributed by atoms with van der Waals surface area (Å²) in [5, 5.41) is 2.96. The number of nitrogens with one attached hydrogen (secondary N) is 1. The standard InChI is InChI=1S/C9H12N2O3S/c1-3-14-8(12)7-5(2)4-6(15-7)11-9(10)13/h4H,3H2,1-2H3,(H3,10,11,13). The molecule has 0 saturated carbocycles. The number of aryl methyl sites for hydroxylation is 1. The van der Waals surface area contributed by atoms with Crippen molar-refractivity contribution in [3.63, 3.8) is 0 Å². The van der Waals surface area contributed by atoms with Crippen LogP contribution in [0, 0.1) is 6.92 Å². The zero-order valence-corrected chi connectivity index (χ0v) is 9.31. The van der Waals surface area contributed by atoms with Gasteiger partial charge in [0.2, 0.25) is 0 Å². The molecule has 1 aromatic rings. The van der Waals surface area contributed by atoms with E-state index in [1.54, 1.807) is 19.9 Å². The van der Waals surface area contributed by atoms with E-state index in [1.165, 1.54) is 0 Å². The number of hydrogen-bond acceptors (Lipinski definition) is 4. The number of rotatable bonds is 3. The quantitative estimate of drug-likeness (QED) is 0.773. The lowest BCUT2D eigenvalue weighted by atomic mass is 10.3. The molecule has 1 heterocycles. The summed E-state index contributed by atoms with van der Waals surface area (Å²) in [6.45, 7) is 3.84. The van der Waals surface area contributed by atoms with Gasteiger partial charge in [-0.1, -0.05) is 0 Å². The Kier molecular flexibility index (Phi) is 3.68. The van der Waals surface area contributed by atoms with Gasteiger partial charge in [0, 0.05) is 0 Å². The van der Waals surface area contributed by atoms with Gasteiger partial charge in [-0.15, -0.1) is 11.3 Å². The molecule has 1 rings (SSSR count). The third-order valence-electron chi connectivity index (χ3n) is 1.63. The maximum Gasteiger partial charge on any atom is 0.348 e. The van der Waals surface area contributed by atoms with Gasteiger partial charge < -0.3 is 10.5 Å². The Bertz CT molecular complexity index is 387. The van der Waals surface area contributed by atoms with E-state index in [2.05, 4.69) is 5.32 Å². The molecule has 3 N–H and O–H groups in total. The van der Waals surface area contributed by atoms with Crippen LogP contribution in [0.2, 0.25) is 0 Å². The smallest absolute Gasteiger partial charge is 0.348 e. The van der Waals surface area contributed by atoms with E-state index in [0.29, 0.717) is 16.5 Å². The monoisotopic (exact) mass is 228 g/mol. The molecule has 0 aromatic carbocycles. The molecule has 15 heavy (non-hydrogen) atoms. The number of carbonyl (C=O) groups is 2. The lowest BCUT2D eigenvalue weighted by Gasteiger charge is -1.98. The van der Waals surface area contributed by atoms with E-state index in [0.717, 1.165) is 16.9 Å². The van der Waals surface area contributed by atoms with E-state index >= 15 is 0 Å². The molecule has 0 aliphatic heterocycles. The average Bonchev–Trinajstić information content (AvgIpc) is 2.46. The number of urea groups is 1. The zero-order chi connectivity index (χ0) is 11.4. The van der Waals surface area contributed by atoms with E-state index < -0.39 is 6.03 Å². The van der Waals surface area contributed by atoms with E-state index in [4.69, 9.17) is 10.5 Å². The second kappa shape index (κ2) is 4.79. The summed E-state index contributed by atoms with van der Waals surface area (Å²) >= 11 is 1.15. The molecule has 0 aliphatic rings. The largest absolute Gasteiger partial charge is 0.462 e. The van der Waals surface area contributed by atoms with Crippen LogP contribution in [-0.2, 0) is 4.74 Å². The summed E-state index contributed by atoms with van der Waals surface area (Å²) in [7, 11) is 0. The van der Waals surface area contributed by atoms with Gasteiger partial charge >= 0.3 is 12.0 Å². The molecule has 2 amide bonds. The first-order valence-electron chi connectivity index (χ1n) is 4.38. The number of thiophene rings is 1. The highest BCUT2D eigenvalue weighted by atomic mass is 32.1. The van der Waals surface area contributed by atoms with E-state index in [1.807, 2.05) is 0 Å². The number of esters is 1. The maximum atomic E-state index is 11.4. The normalized spacial score (nSPS) is 9.73. The molecular weight excluding hydrogens is 216 g/mol. The zero-order valence-electron chi connectivity index (χ0n) is 8.49. The van der Waals surface area contributed by atoms with Crippen LogP contribution in [0.4, 0.5) is 9.80 Å². The molecule has 0 bridgehead atoms. The number of amides is 2. The minimum Gasteiger partial charge on any atom is -0.462 e. The van der Waals surface area contributed by atoms with Crippen molar-refractivity contribution in [2.75, 3.05) is 11.9 Å². The Morgan fingerprint density at radius 1 is 1.60 bits per heavy atom. The summed E-state index contributed by atoms with van der Waals surface area (Å²) in [6, 6.07) is 1.04. The second-order valence-corrected chi connectivity index (χ2v) is 3.88. The molecule has 0 radical (unpaired) electrons. The van der Waals surface area contributed by atoms with Gasteiger partial charge in [0.15, 0.2) is 0 Å². The van der Waals surface area contributed by atoms with Gasteiger partial charge in [-0.05, 0) is 25.5 Å². The van der Waals surface area contributed by atoms with Gasteiger partial charge in [-0.2, -0.15) is 0 Å². The first-order chi connectivity index (χ1) is 7.04. The van der Waals surface area contributed by atoms with Gasteiger partial charge in [0.25, 0.3) is 0 Å². The third-order valence-corrected chi connectivity index (χ3v) is 2.76. The van der Waals surface area contributed by atoms with Crippen molar-refractivity contribution in [3.05, 3.63) is 16.5 Å². The van der Waals surface area contributed by atoms with E-state index in [9.17, 15) is 9.59 Å². The molecule has 0 aliphatic carbocycles. The summed E-state index contributed by atoms with van der Waals surface area (Å²) in [5.74, 6) is -0.377. The van der Waals surface area contributed by atoms with Crippen molar-refractivity contribution >= 4 is 28.3 Å². The summed E-state index contributed by atoms with van der Waals surface area (Å²) in [4.78, 5) is 22.5. The average molecular weight is 228 g/mol. The van der Waals surface area contributed by atoms with Crippen LogP contribution in [0.3, 0.4) is 0 Å². The van der Waals surface area contributed by atoms with Crippen molar-refractivity contribution in [1.82, 2.24) is 0 Å². The predicted molar refractivity (Wildman–Crippen MR) is 58.2 cm³/mol. The molecule has 0 fully saturated rings.